The van der Waals surface area contributed by atoms with Crippen molar-refractivity contribution < 1.29 is 24.3 Å². The van der Waals surface area contributed by atoms with E-state index in [2.05, 4.69) is 13.8 Å². The number of hydrogen-bond acceptors (Lipinski definition) is 5. The molecule has 0 radical (unpaired) electrons. The van der Waals surface area contributed by atoms with Gasteiger partial charge in [0.1, 0.15) is 5.75 Å². The third kappa shape index (κ3) is 5.35. The SMILES string of the molecule is CC(C)COc1ccc(C([O-])=C2C(=O)C(=O)N(CCC[NH+](C)C)C2c2cccs2)cc1. The summed E-state index contributed by atoms with van der Waals surface area (Å²) < 4.78 is 5.68. The number of benzene rings is 1. The van der Waals surface area contributed by atoms with E-state index in [4.69, 9.17) is 4.74 Å². The number of hydrogen-bond donors (Lipinski definition) is 1. The minimum Gasteiger partial charge on any atom is -0.872 e. The van der Waals surface area contributed by atoms with Crippen molar-refractivity contribution in [1.82, 2.24) is 4.90 Å². The Labute approximate surface area is 187 Å². The number of ketones is 1. The molecule has 1 atom stereocenters. The first kappa shape index (κ1) is 23.0. The summed E-state index contributed by atoms with van der Waals surface area (Å²) in [5.41, 5.74) is 0.426. The van der Waals surface area contributed by atoms with Gasteiger partial charge in [0.2, 0.25) is 5.78 Å². The van der Waals surface area contributed by atoms with Crippen LogP contribution in [0.5, 0.6) is 5.75 Å². The molecule has 1 unspecified atom stereocenters. The van der Waals surface area contributed by atoms with Crippen LogP contribution in [0.3, 0.4) is 0 Å². The number of rotatable bonds is 9. The molecule has 1 aromatic heterocycles. The summed E-state index contributed by atoms with van der Waals surface area (Å²) in [5, 5.41) is 15.2. The van der Waals surface area contributed by atoms with Crippen molar-refractivity contribution in [2.45, 2.75) is 26.3 Å². The molecule has 1 aliphatic heterocycles. The van der Waals surface area contributed by atoms with E-state index in [0.717, 1.165) is 17.8 Å². The normalized spacial score (nSPS) is 18.4. The van der Waals surface area contributed by atoms with Crippen LogP contribution in [0.25, 0.3) is 5.76 Å². The Bertz CT molecular complexity index is 933. The maximum absolute atomic E-state index is 13.3. The van der Waals surface area contributed by atoms with Gasteiger partial charge in [-0.1, -0.05) is 37.8 Å². The Balaban J connectivity index is 1.93. The van der Waals surface area contributed by atoms with Gasteiger partial charge < -0.3 is 19.6 Å². The van der Waals surface area contributed by atoms with Crippen molar-refractivity contribution in [2.24, 2.45) is 5.92 Å². The van der Waals surface area contributed by atoms with Crippen LogP contribution in [0.15, 0.2) is 47.4 Å². The number of carbonyl (C=O) groups excluding carboxylic acids is 2. The van der Waals surface area contributed by atoms with Crippen molar-refractivity contribution in [2.75, 3.05) is 33.8 Å². The van der Waals surface area contributed by atoms with Gasteiger partial charge in [-0.25, -0.2) is 0 Å². The second kappa shape index (κ2) is 10.1. The first-order valence-corrected chi connectivity index (χ1v) is 11.5. The van der Waals surface area contributed by atoms with Crippen LogP contribution >= 0.6 is 11.3 Å². The zero-order valence-corrected chi connectivity index (χ0v) is 19.3. The van der Waals surface area contributed by atoms with E-state index >= 15 is 0 Å². The molecule has 7 heteroatoms. The summed E-state index contributed by atoms with van der Waals surface area (Å²) in [6, 6.07) is 9.91. The molecular weight excluding hydrogens is 412 g/mol. The van der Waals surface area contributed by atoms with Gasteiger partial charge in [0, 0.05) is 23.4 Å². The van der Waals surface area contributed by atoms with Crippen molar-refractivity contribution in [3.63, 3.8) is 0 Å². The van der Waals surface area contributed by atoms with Crippen LogP contribution in [0.1, 0.15) is 36.8 Å². The van der Waals surface area contributed by atoms with E-state index < -0.39 is 23.5 Å². The van der Waals surface area contributed by atoms with Gasteiger partial charge in [-0.2, -0.15) is 0 Å². The van der Waals surface area contributed by atoms with Crippen molar-refractivity contribution in [3.05, 3.63) is 57.8 Å². The summed E-state index contributed by atoms with van der Waals surface area (Å²) in [6.07, 6.45) is 0.757. The van der Waals surface area contributed by atoms with Gasteiger partial charge in [0.05, 0.1) is 33.3 Å². The largest absolute Gasteiger partial charge is 0.872 e. The van der Waals surface area contributed by atoms with E-state index in [0.29, 0.717) is 30.4 Å². The fraction of sp³-hybridized carbons (Fsp3) is 0.417. The summed E-state index contributed by atoms with van der Waals surface area (Å²) in [4.78, 5) is 29.4. The van der Waals surface area contributed by atoms with Gasteiger partial charge in [-0.05, 0) is 35.1 Å². The molecule has 0 saturated carbocycles. The minimum absolute atomic E-state index is 0.0421. The van der Waals surface area contributed by atoms with Gasteiger partial charge in [-0.3, -0.25) is 9.59 Å². The molecule has 1 N–H and O–H groups in total. The summed E-state index contributed by atoms with van der Waals surface area (Å²) in [5.74, 6) is -0.613. The molecule has 1 aliphatic rings. The molecule has 3 rings (SSSR count). The number of likely N-dealkylation sites (tertiary alicyclic amines) is 1. The van der Waals surface area contributed by atoms with Gasteiger partial charge in [0.15, 0.2) is 0 Å². The number of nitrogens with one attached hydrogen (secondary N) is 1. The zero-order chi connectivity index (χ0) is 22.5. The van der Waals surface area contributed by atoms with Crippen LogP contribution in [0.4, 0.5) is 0 Å². The maximum Gasteiger partial charge on any atom is 0.295 e. The highest BCUT2D eigenvalue weighted by Gasteiger charge is 2.44. The molecule has 166 valence electrons. The molecule has 0 aliphatic carbocycles. The molecule has 2 heterocycles. The Morgan fingerprint density at radius 3 is 2.48 bits per heavy atom. The van der Waals surface area contributed by atoms with Crippen molar-refractivity contribution in [1.29, 1.82) is 0 Å². The fourth-order valence-corrected chi connectivity index (χ4v) is 4.41. The number of nitrogens with zero attached hydrogens (tertiary/aromatic N) is 1. The highest BCUT2D eigenvalue weighted by Crippen LogP contribution is 2.40. The second-order valence-electron chi connectivity index (χ2n) is 8.53. The maximum atomic E-state index is 13.3. The lowest BCUT2D eigenvalue weighted by Crippen LogP contribution is -3.05. The first-order valence-electron chi connectivity index (χ1n) is 10.6. The molecule has 2 aromatic rings. The monoisotopic (exact) mass is 442 g/mol. The Kier molecular flexibility index (Phi) is 7.51. The predicted molar refractivity (Wildman–Crippen MR) is 120 cm³/mol. The predicted octanol–water partition coefficient (Wildman–Crippen LogP) is 1.54. The number of carbonyl (C=O) groups is 2. The fourth-order valence-electron chi connectivity index (χ4n) is 3.57. The van der Waals surface area contributed by atoms with Crippen molar-refractivity contribution >= 4 is 28.8 Å². The molecule has 1 saturated heterocycles. The van der Waals surface area contributed by atoms with Crippen LogP contribution in [-0.2, 0) is 9.59 Å². The Morgan fingerprint density at radius 1 is 1.19 bits per heavy atom. The lowest BCUT2D eigenvalue weighted by molar-refractivity contribution is -0.858. The Morgan fingerprint density at radius 2 is 1.90 bits per heavy atom. The van der Waals surface area contributed by atoms with E-state index in [1.807, 2.05) is 31.6 Å². The molecule has 0 bridgehead atoms. The number of thiophene rings is 1. The van der Waals surface area contributed by atoms with E-state index in [-0.39, 0.29) is 5.57 Å². The lowest BCUT2D eigenvalue weighted by atomic mass is 10.00. The molecule has 0 spiro atoms. The van der Waals surface area contributed by atoms with E-state index in [1.54, 1.807) is 29.2 Å². The molecule has 1 fully saturated rings. The lowest BCUT2D eigenvalue weighted by Gasteiger charge is -2.26. The second-order valence-corrected chi connectivity index (χ2v) is 9.51. The highest BCUT2D eigenvalue weighted by atomic mass is 32.1. The molecular formula is C24H30N2O4S. The third-order valence-electron chi connectivity index (χ3n) is 5.12. The number of Topliss-reactive ketones (excluding diaryl/α,β-unsaturated/α-hetero) is 1. The van der Waals surface area contributed by atoms with E-state index in [9.17, 15) is 14.7 Å². The topological polar surface area (TPSA) is 74.1 Å². The average molecular weight is 443 g/mol. The quantitative estimate of drug-likeness (QED) is 0.363. The zero-order valence-electron chi connectivity index (χ0n) is 18.5. The summed E-state index contributed by atoms with van der Waals surface area (Å²) in [7, 11) is 4.09. The Hall–Kier alpha value is -2.64. The van der Waals surface area contributed by atoms with Gasteiger partial charge in [-0.15, -0.1) is 11.3 Å². The number of ether oxygens (including phenoxy) is 1. The number of amides is 1. The smallest absolute Gasteiger partial charge is 0.295 e. The van der Waals surface area contributed by atoms with Crippen LogP contribution in [-0.4, -0.2) is 50.4 Å². The summed E-state index contributed by atoms with van der Waals surface area (Å²) in [6.45, 7) is 6.02. The molecule has 31 heavy (non-hydrogen) atoms. The van der Waals surface area contributed by atoms with Crippen molar-refractivity contribution in [3.8, 4) is 5.75 Å². The first-order chi connectivity index (χ1) is 14.8. The third-order valence-corrected chi connectivity index (χ3v) is 6.04. The number of quaternary nitrogens is 1. The molecule has 1 amide bonds. The van der Waals surface area contributed by atoms with E-state index in [1.165, 1.54) is 16.2 Å². The minimum atomic E-state index is -0.694. The van der Waals surface area contributed by atoms with Gasteiger partial charge in [0.25, 0.3) is 5.91 Å². The standard InChI is InChI=1S/C24H30N2O4S/c1-16(2)15-30-18-10-8-17(9-11-18)22(27)20-21(19-7-5-14-31-19)26(24(29)23(20)28)13-6-12-25(3)4/h5,7-11,14,16,21,27H,6,12-13,15H2,1-4H3. The van der Waals surface area contributed by atoms with Gasteiger partial charge >= 0.3 is 0 Å². The van der Waals surface area contributed by atoms with Crippen LogP contribution < -0.4 is 14.7 Å². The van der Waals surface area contributed by atoms with Crippen LogP contribution in [0, 0.1) is 5.92 Å². The summed E-state index contributed by atoms with van der Waals surface area (Å²) >= 11 is 1.45. The van der Waals surface area contributed by atoms with Crippen LogP contribution in [0.2, 0.25) is 0 Å². The molecule has 1 aromatic carbocycles. The highest BCUT2D eigenvalue weighted by molar-refractivity contribution is 7.10. The average Bonchev–Trinajstić information content (AvgIpc) is 3.34. The molecule has 6 nitrogen and oxygen atoms in total.